The van der Waals surface area contributed by atoms with Crippen LogP contribution in [0, 0.1) is 0 Å². The van der Waals surface area contributed by atoms with E-state index in [2.05, 4.69) is 10.3 Å². The Morgan fingerprint density at radius 2 is 2.08 bits per heavy atom. The zero-order chi connectivity index (χ0) is 17.8. The molecule has 2 amide bonds. The van der Waals surface area contributed by atoms with Gasteiger partial charge in [-0.05, 0) is 24.1 Å². The van der Waals surface area contributed by atoms with Crippen LogP contribution in [0.3, 0.4) is 0 Å². The minimum absolute atomic E-state index is 0.158. The molecule has 3 rings (SSSR count). The monoisotopic (exact) mass is 357 g/mol. The molecule has 0 unspecified atom stereocenters. The van der Waals surface area contributed by atoms with Gasteiger partial charge in [0.25, 0.3) is 5.91 Å². The van der Waals surface area contributed by atoms with E-state index in [1.807, 2.05) is 18.2 Å². The number of ether oxygens (including phenoxy) is 1. The van der Waals surface area contributed by atoms with Crippen molar-refractivity contribution in [2.75, 3.05) is 26.0 Å². The Labute approximate surface area is 150 Å². The Morgan fingerprint density at radius 3 is 2.76 bits per heavy atom. The van der Waals surface area contributed by atoms with Crippen LogP contribution in [-0.2, 0) is 17.7 Å². The number of carbonyl (C=O) groups is 2. The number of anilines is 1. The van der Waals surface area contributed by atoms with E-state index in [0.717, 1.165) is 21.0 Å². The Kier molecular flexibility index (Phi) is 5.14. The molecule has 1 aliphatic rings. The van der Waals surface area contributed by atoms with E-state index < -0.39 is 0 Å². The summed E-state index contributed by atoms with van der Waals surface area (Å²) >= 11 is 1.48. The van der Waals surface area contributed by atoms with Crippen LogP contribution in [0.25, 0.3) is 0 Å². The molecule has 0 fully saturated rings. The number of hydrogen-bond acceptors (Lipinski definition) is 5. The van der Waals surface area contributed by atoms with Crippen molar-refractivity contribution < 1.29 is 14.3 Å². The van der Waals surface area contributed by atoms with Gasteiger partial charge in [-0.3, -0.25) is 9.79 Å². The van der Waals surface area contributed by atoms with Gasteiger partial charge < -0.3 is 15.0 Å². The molecule has 7 heteroatoms. The van der Waals surface area contributed by atoms with Crippen molar-refractivity contribution in [3.05, 3.63) is 51.9 Å². The highest BCUT2D eigenvalue weighted by molar-refractivity contribution is 7.17. The number of nitrogens with one attached hydrogen (secondary N) is 1. The van der Waals surface area contributed by atoms with E-state index in [-0.39, 0.29) is 12.0 Å². The fourth-order valence-electron chi connectivity index (χ4n) is 2.84. The summed E-state index contributed by atoms with van der Waals surface area (Å²) in [5, 5.41) is 3.74. The van der Waals surface area contributed by atoms with Crippen molar-refractivity contribution in [1.82, 2.24) is 4.90 Å². The number of benzene rings is 1. The molecule has 0 bridgehead atoms. The standard InChI is InChI=1S/C18H19N3O3S/c1-19-10-14-13-8-9-21(18(23)24-2)11-15(13)25-17(14)20-16(22)12-6-4-3-5-7-12/h3-7,10H,8-9,11H2,1-2H3,(H,20,22). The maximum Gasteiger partial charge on any atom is 0.409 e. The van der Waals surface area contributed by atoms with E-state index in [1.165, 1.54) is 18.4 Å². The average Bonchev–Trinajstić information content (AvgIpc) is 2.98. The summed E-state index contributed by atoms with van der Waals surface area (Å²) < 4.78 is 4.81. The summed E-state index contributed by atoms with van der Waals surface area (Å²) in [5.41, 5.74) is 2.67. The molecule has 0 saturated carbocycles. The topological polar surface area (TPSA) is 71.0 Å². The SMILES string of the molecule is CN=Cc1c(NC(=O)c2ccccc2)sc2c1CCN(C(=O)OC)C2. The van der Waals surface area contributed by atoms with E-state index in [4.69, 9.17) is 4.74 Å². The van der Waals surface area contributed by atoms with Crippen LogP contribution in [-0.4, -0.2) is 43.8 Å². The predicted octanol–water partition coefficient (Wildman–Crippen LogP) is 3.17. The first-order chi connectivity index (χ1) is 12.1. The summed E-state index contributed by atoms with van der Waals surface area (Å²) in [4.78, 5) is 31.1. The normalized spacial score (nSPS) is 13.6. The number of carbonyl (C=O) groups excluding carboxylic acids is 2. The second-order valence-corrected chi connectivity index (χ2v) is 6.70. The highest BCUT2D eigenvalue weighted by Crippen LogP contribution is 2.36. The van der Waals surface area contributed by atoms with Gasteiger partial charge in [-0.2, -0.15) is 0 Å². The predicted molar refractivity (Wildman–Crippen MR) is 98.8 cm³/mol. The molecule has 0 saturated heterocycles. The van der Waals surface area contributed by atoms with Crippen LogP contribution >= 0.6 is 11.3 Å². The molecule has 0 radical (unpaired) electrons. The lowest BCUT2D eigenvalue weighted by molar-refractivity contribution is 0.102. The number of methoxy groups -OCH3 is 1. The van der Waals surface area contributed by atoms with Gasteiger partial charge in [0.05, 0.1) is 13.7 Å². The molecule has 6 nitrogen and oxygen atoms in total. The van der Waals surface area contributed by atoms with Crippen molar-refractivity contribution in [1.29, 1.82) is 0 Å². The van der Waals surface area contributed by atoms with Crippen molar-refractivity contribution in [3.8, 4) is 0 Å². The highest BCUT2D eigenvalue weighted by atomic mass is 32.1. The lowest BCUT2D eigenvalue weighted by Gasteiger charge is -2.25. The maximum absolute atomic E-state index is 12.5. The Morgan fingerprint density at radius 1 is 1.32 bits per heavy atom. The molecule has 2 heterocycles. The van der Waals surface area contributed by atoms with Crippen LogP contribution in [0.1, 0.15) is 26.4 Å². The first-order valence-corrected chi connectivity index (χ1v) is 8.71. The van der Waals surface area contributed by atoms with E-state index in [1.54, 1.807) is 30.3 Å². The summed E-state index contributed by atoms with van der Waals surface area (Å²) in [6.45, 7) is 1.07. The van der Waals surface area contributed by atoms with Crippen molar-refractivity contribution >= 4 is 34.6 Å². The molecule has 1 aromatic heterocycles. The number of fused-ring (bicyclic) bond motifs is 1. The zero-order valence-corrected chi connectivity index (χ0v) is 14.9. The third kappa shape index (κ3) is 3.56. The van der Waals surface area contributed by atoms with Gasteiger partial charge in [-0.1, -0.05) is 18.2 Å². The number of aliphatic imine (C=N–C) groups is 1. The highest BCUT2D eigenvalue weighted by Gasteiger charge is 2.27. The largest absolute Gasteiger partial charge is 0.453 e. The second kappa shape index (κ2) is 7.48. The molecule has 0 atom stereocenters. The fourth-order valence-corrected chi connectivity index (χ4v) is 4.07. The molecule has 130 valence electrons. The van der Waals surface area contributed by atoms with E-state index in [9.17, 15) is 9.59 Å². The van der Waals surface area contributed by atoms with Crippen LogP contribution in [0.15, 0.2) is 35.3 Å². The third-order valence-electron chi connectivity index (χ3n) is 4.05. The number of rotatable bonds is 3. The van der Waals surface area contributed by atoms with Crippen LogP contribution in [0.5, 0.6) is 0 Å². The Balaban J connectivity index is 1.89. The van der Waals surface area contributed by atoms with Gasteiger partial charge in [0.1, 0.15) is 5.00 Å². The quantitative estimate of drug-likeness (QED) is 0.858. The first-order valence-electron chi connectivity index (χ1n) is 7.90. The van der Waals surface area contributed by atoms with Crippen LogP contribution in [0.2, 0.25) is 0 Å². The summed E-state index contributed by atoms with van der Waals surface area (Å²) in [5.74, 6) is -0.158. The van der Waals surface area contributed by atoms with Crippen molar-refractivity contribution in [2.45, 2.75) is 13.0 Å². The second-order valence-electron chi connectivity index (χ2n) is 5.60. The lowest BCUT2D eigenvalue weighted by atomic mass is 10.0. The molecule has 25 heavy (non-hydrogen) atoms. The molecule has 2 aromatic rings. The lowest BCUT2D eigenvalue weighted by Crippen LogP contribution is -2.35. The number of hydrogen-bond donors (Lipinski definition) is 1. The maximum atomic E-state index is 12.5. The van der Waals surface area contributed by atoms with Crippen molar-refractivity contribution in [3.63, 3.8) is 0 Å². The summed E-state index contributed by atoms with van der Waals surface area (Å²) in [6.07, 6.45) is 2.15. The van der Waals surface area contributed by atoms with E-state index in [0.29, 0.717) is 25.1 Å². The van der Waals surface area contributed by atoms with Gasteiger partial charge in [0, 0.05) is 35.8 Å². The van der Waals surface area contributed by atoms with Crippen LogP contribution in [0.4, 0.5) is 9.80 Å². The molecular formula is C18H19N3O3S. The Hall–Kier alpha value is -2.67. The number of amides is 2. The zero-order valence-electron chi connectivity index (χ0n) is 14.1. The molecule has 1 aliphatic heterocycles. The number of nitrogens with zero attached hydrogens (tertiary/aromatic N) is 2. The third-order valence-corrected chi connectivity index (χ3v) is 5.20. The smallest absolute Gasteiger partial charge is 0.409 e. The summed E-state index contributed by atoms with van der Waals surface area (Å²) in [6, 6.07) is 9.08. The van der Waals surface area contributed by atoms with Gasteiger partial charge in [0.2, 0.25) is 0 Å². The van der Waals surface area contributed by atoms with Gasteiger partial charge in [-0.15, -0.1) is 11.3 Å². The molecule has 1 N–H and O–H groups in total. The Bertz CT molecular complexity index is 814. The van der Waals surface area contributed by atoms with E-state index >= 15 is 0 Å². The molecule has 0 aliphatic carbocycles. The minimum Gasteiger partial charge on any atom is -0.453 e. The molecule has 1 aromatic carbocycles. The van der Waals surface area contributed by atoms with Gasteiger partial charge in [-0.25, -0.2) is 4.79 Å². The first kappa shape index (κ1) is 17.2. The summed E-state index contributed by atoms with van der Waals surface area (Å²) in [7, 11) is 3.09. The van der Waals surface area contributed by atoms with Gasteiger partial charge in [0.15, 0.2) is 0 Å². The minimum atomic E-state index is -0.334. The molecule has 0 spiro atoms. The van der Waals surface area contributed by atoms with Crippen molar-refractivity contribution in [2.24, 2.45) is 4.99 Å². The molecular weight excluding hydrogens is 338 g/mol. The fraction of sp³-hybridized carbons (Fsp3) is 0.278. The van der Waals surface area contributed by atoms with Gasteiger partial charge >= 0.3 is 6.09 Å². The number of thiophene rings is 1. The van der Waals surface area contributed by atoms with Crippen LogP contribution < -0.4 is 5.32 Å². The average molecular weight is 357 g/mol.